The largest absolute Gasteiger partial charge is 0.480 e. The van der Waals surface area contributed by atoms with E-state index in [4.69, 9.17) is 20.8 Å². The Labute approximate surface area is 151 Å². The summed E-state index contributed by atoms with van der Waals surface area (Å²) in [5.74, 6) is 1.54. The number of nitrogens with one attached hydrogen (secondary N) is 1. The summed E-state index contributed by atoms with van der Waals surface area (Å²) in [4.78, 5) is 14.9. The minimum atomic E-state index is -0.496. The van der Waals surface area contributed by atoms with Crippen LogP contribution in [0.5, 0.6) is 5.75 Å². The third-order valence-corrected chi connectivity index (χ3v) is 5.15. The first kappa shape index (κ1) is 16.5. The predicted molar refractivity (Wildman–Crippen MR) is 94.8 cm³/mol. The van der Waals surface area contributed by atoms with Gasteiger partial charge in [-0.2, -0.15) is 0 Å². The van der Waals surface area contributed by atoms with E-state index < -0.39 is 6.10 Å². The zero-order valence-corrected chi connectivity index (χ0v) is 14.7. The van der Waals surface area contributed by atoms with Gasteiger partial charge in [0.05, 0.1) is 12.3 Å². The first-order valence-electron chi connectivity index (χ1n) is 8.71. The number of carbonyl (C=O) groups excluding carboxylic acids is 1. The molecule has 1 aromatic heterocycles. The van der Waals surface area contributed by atoms with Gasteiger partial charge in [0.1, 0.15) is 11.5 Å². The maximum absolute atomic E-state index is 12.6. The minimum absolute atomic E-state index is 0.0691. The molecule has 0 bridgehead atoms. The molecule has 0 aliphatic carbocycles. The van der Waals surface area contributed by atoms with Gasteiger partial charge in [-0.1, -0.05) is 11.6 Å². The highest BCUT2D eigenvalue weighted by Gasteiger charge is 2.31. The van der Waals surface area contributed by atoms with Crippen LogP contribution in [0, 0.1) is 0 Å². The van der Waals surface area contributed by atoms with Crippen molar-refractivity contribution in [3.63, 3.8) is 0 Å². The number of rotatable bonds is 5. The lowest BCUT2D eigenvalue weighted by molar-refractivity contribution is -0.127. The summed E-state index contributed by atoms with van der Waals surface area (Å²) in [6.45, 7) is 2.58. The van der Waals surface area contributed by atoms with Gasteiger partial charge in [-0.25, -0.2) is 0 Å². The van der Waals surface area contributed by atoms with E-state index >= 15 is 0 Å². The van der Waals surface area contributed by atoms with Crippen molar-refractivity contribution in [2.24, 2.45) is 0 Å². The van der Waals surface area contributed by atoms with Crippen LogP contribution in [0.2, 0.25) is 5.02 Å². The third kappa shape index (κ3) is 3.53. The number of furan rings is 1. The number of benzene rings is 1. The van der Waals surface area contributed by atoms with Crippen LogP contribution < -0.4 is 10.1 Å². The number of hydrogen-bond donors (Lipinski definition) is 1. The standard InChI is InChI=1S/C19H21ClN2O3/c20-14-5-6-16-13(10-14)11-18(25-16)19(23)21-12-15(17-4-3-9-24-17)22-7-1-2-8-22/h3-6,9-10,15,18H,1-2,7-8,11-12H2,(H,21,23)/t15-,18+/m0/s1. The number of ether oxygens (including phenoxy) is 1. The van der Waals surface area contributed by atoms with Crippen molar-refractivity contribution in [3.05, 3.63) is 52.9 Å². The molecule has 1 fully saturated rings. The van der Waals surface area contributed by atoms with Crippen LogP contribution in [-0.4, -0.2) is 36.5 Å². The fourth-order valence-electron chi connectivity index (χ4n) is 3.62. The Morgan fingerprint density at radius 2 is 2.16 bits per heavy atom. The molecule has 2 aromatic rings. The van der Waals surface area contributed by atoms with Crippen LogP contribution in [0.25, 0.3) is 0 Å². The monoisotopic (exact) mass is 360 g/mol. The number of amides is 1. The van der Waals surface area contributed by atoms with Gasteiger partial charge in [0.2, 0.25) is 0 Å². The number of fused-ring (bicyclic) bond motifs is 1. The molecule has 25 heavy (non-hydrogen) atoms. The Bertz CT molecular complexity index is 741. The normalized spacial score (nSPS) is 20.9. The van der Waals surface area contributed by atoms with Crippen molar-refractivity contribution in [1.29, 1.82) is 0 Å². The average Bonchev–Trinajstić information content (AvgIpc) is 3.36. The molecule has 3 heterocycles. The average molecular weight is 361 g/mol. The number of carbonyl (C=O) groups is 1. The topological polar surface area (TPSA) is 54.7 Å². The van der Waals surface area contributed by atoms with Crippen molar-refractivity contribution < 1.29 is 13.9 Å². The zero-order chi connectivity index (χ0) is 17.2. The maximum atomic E-state index is 12.6. The molecular weight excluding hydrogens is 340 g/mol. The van der Waals surface area contributed by atoms with Gasteiger partial charge >= 0.3 is 0 Å². The summed E-state index contributed by atoms with van der Waals surface area (Å²) in [5, 5.41) is 3.70. The van der Waals surface area contributed by atoms with Gasteiger partial charge in [-0.15, -0.1) is 0 Å². The van der Waals surface area contributed by atoms with E-state index in [2.05, 4.69) is 10.2 Å². The maximum Gasteiger partial charge on any atom is 0.261 e. The predicted octanol–water partition coefficient (Wildman–Crippen LogP) is 3.19. The Hall–Kier alpha value is -1.98. The van der Waals surface area contributed by atoms with Crippen LogP contribution in [-0.2, 0) is 11.2 Å². The molecule has 2 aliphatic rings. The zero-order valence-electron chi connectivity index (χ0n) is 13.9. The molecule has 1 saturated heterocycles. The molecule has 2 aliphatic heterocycles. The van der Waals surface area contributed by atoms with E-state index in [1.807, 2.05) is 24.3 Å². The van der Waals surface area contributed by atoms with Crippen molar-refractivity contribution in [2.75, 3.05) is 19.6 Å². The van der Waals surface area contributed by atoms with Crippen LogP contribution in [0.3, 0.4) is 0 Å². The Morgan fingerprint density at radius 3 is 2.92 bits per heavy atom. The summed E-state index contributed by atoms with van der Waals surface area (Å²) >= 11 is 6.01. The van der Waals surface area contributed by atoms with Crippen LogP contribution >= 0.6 is 11.6 Å². The fraction of sp³-hybridized carbons (Fsp3) is 0.421. The molecule has 0 spiro atoms. The van der Waals surface area contributed by atoms with Gasteiger partial charge in [0, 0.05) is 18.0 Å². The second-order valence-corrected chi connectivity index (χ2v) is 7.02. The molecule has 0 saturated carbocycles. The summed E-state index contributed by atoms with van der Waals surface area (Å²) in [6.07, 6.45) is 4.11. The first-order chi connectivity index (χ1) is 12.2. The van der Waals surface area contributed by atoms with Crippen molar-refractivity contribution in [2.45, 2.75) is 31.4 Å². The molecular formula is C19H21ClN2O3. The number of nitrogens with zero attached hydrogens (tertiary/aromatic N) is 1. The molecule has 2 atom stereocenters. The molecule has 1 N–H and O–H groups in total. The first-order valence-corrected chi connectivity index (χ1v) is 9.09. The lowest BCUT2D eigenvalue weighted by Crippen LogP contribution is -2.42. The summed E-state index contributed by atoms with van der Waals surface area (Å²) < 4.78 is 11.4. The smallest absolute Gasteiger partial charge is 0.261 e. The van der Waals surface area contributed by atoms with Gasteiger partial charge in [0.25, 0.3) is 5.91 Å². The van der Waals surface area contributed by atoms with Gasteiger partial charge in [0.15, 0.2) is 6.10 Å². The SMILES string of the molecule is O=C(NC[C@@H](c1ccco1)N1CCCC1)[C@H]1Cc2cc(Cl)ccc2O1. The molecule has 1 aromatic carbocycles. The van der Waals surface area contributed by atoms with Crippen LogP contribution in [0.15, 0.2) is 41.0 Å². The van der Waals surface area contributed by atoms with E-state index in [0.29, 0.717) is 18.0 Å². The lowest BCUT2D eigenvalue weighted by atomic mass is 10.1. The molecule has 132 valence electrons. The quantitative estimate of drug-likeness (QED) is 0.889. The van der Waals surface area contributed by atoms with Crippen molar-refractivity contribution in [3.8, 4) is 5.75 Å². The molecule has 6 heteroatoms. The van der Waals surface area contributed by atoms with Crippen LogP contribution in [0.1, 0.15) is 30.2 Å². The van der Waals surface area contributed by atoms with Crippen molar-refractivity contribution >= 4 is 17.5 Å². The van der Waals surface area contributed by atoms with Gasteiger partial charge in [-0.05, 0) is 61.8 Å². The van der Waals surface area contributed by atoms with E-state index in [1.165, 1.54) is 12.8 Å². The third-order valence-electron chi connectivity index (χ3n) is 4.91. The highest BCUT2D eigenvalue weighted by molar-refractivity contribution is 6.30. The highest BCUT2D eigenvalue weighted by atomic mass is 35.5. The number of halogens is 1. The summed E-state index contributed by atoms with van der Waals surface area (Å²) in [6, 6.07) is 9.39. The van der Waals surface area contributed by atoms with Gasteiger partial charge in [-0.3, -0.25) is 9.69 Å². The summed E-state index contributed by atoms with van der Waals surface area (Å²) in [5.41, 5.74) is 0.981. The van der Waals surface area contributed by atoms with Crippen molar-refractivity contribution in [1.82, 2.24) is 10.2 Å². The molecule has 5 nitrogen and oxygen atoms in total. The number of hydrogen-bond acceptors (Lipinski definition) is 4. The van der Waals surface area contributed by atoms with E-state index in [1.54, 1.807) is 12.3 Å². The molecule has 1 amide bonds. The fourth-order valence-corrected chi connectivity index (χ4v) is 3.81. The Morgan fingerprint density at radius 1 is 1.32 bits per heavy atom. The van der Waals surface area contributed by atoms with E-state index in [9.17, 15) is 4.79 Å². The van der Waals surface area contributed by atoms with Gasteiger partial charge < -0.3 is 14.5 Å². The minimum Gasteiger partial charge on any atom is -0.480 e. The van der Waals surface area contributed by atoms with E-state index in [-0.39, 0.29) is 11.9 Å². The molecule has 4 rings (SSSR count). The molecule has 0 radical (unpaired) electrons. The Balaban J connectivity index is 1.39. The summed E-state index contributed by atoms with van der Waals surface area (Å²) in [7, 11) is 0. The number of likely N-dealkylation sites (tertiary alicyclic amines) is 1. The second kappa shape index (κ2) is 7.10. The molecule has 0 unspecified atom stereocenters. The van der Waals surface area contributed by atoms with Crippen LogP contribution in [0.4, 0.5) is 0 Å². The lowest BCUT2D eigenvalue weighted by Gasteiger charge is -2.26. The highest BCUT2D eigenvalue weighted by Crippen LogP contribution is 2.31. The van der Waals surface area contributed by atoms with E-state index in [0.717, 1.165) is 30.2 Å². The Kier molecular flexibility index (Phi) is 4.68. The second-order valence-electron chi connectivity index (χ2n) is 6.58.